The average molecular weight is 325 g/mol. The van der Waals surface area contributed by atoms with Crippen molar-refractivity contribution < 1.29 is 14.3 Å². The van der Waals surface area contributed by atoms with Crippen LogP contribution in [-0.2, 0) is 16.1 Å². The van der Waals surface area contributed by atoms with Crippen molar-refractivity contribution in [3.63, 3.8) is 0 Å². The second-order valence-electron chi connectivity index (χ2n) is 6.06. The van der Waals surface area contributed by atoms with Crippen molar-refractivity contribution >= 4 is 11.6 Å². The van der Waals surface area contributed by atoms with Crippen molar-refractivity contribution in [3.8, 4) is 16.9 Å². The summed E-state index contributed by atoms with van der Waals surface area (Å²) in [5, 5.41) is 0. The van der Waals surface area contributed by atoms with Gasteiger partial charge in [-0.3, -0.25) is 4.79 Å². The molecule has 1 heterocycles. The molecule has 1 aliphatic rings. The quantitative estimate of drug-likeness (QED) is 0.854. The Morgan fingerprint density at radius 2 is 2.00 bits per heavy atom. The molecule has 0 aliphatic carbocycles. The molecule has 126 valence electrons. The summed E-state index contributed by atoms with van der Waals surface area (Å²) in [7, 11) is 1.67. The highest BCUT2D eigenvalue weighted by Crippen LogP contribution is 2.32. The third-order valence-corrected chi connectivity index (χ3v) is 4.35. The molecule has 0 atom stereocenters. The van der Waals surface area contributed by atoms with Gasteiger partial charge in [-0.15, -0.1) is 0 Å². The van der Waals surface area contributed by atoms with E-state index in [4.69, 9.17) is 9.47 Å². The van der Waals surface area contributed by atoms with E-state index in [1.54, 1.807) is 7.11 Å². The predicted octanol–water partition coefficient (Wildman–Crippen LogP) is 3.94. The van der Waals surface area contributed by atoms with Gasteiger partial charge in [0.2, 0.25) is 0 Å². The van der Waals surface area contributed by atoms with Crippen molar-refractivity contribution in [1.82, 2.24) is 0 Å². The highest BCUT2D eigenvalue weighted by molar-refractivity contribution is 5.96. The van der Waals surface area contributed by atoms with Crippen LogP contribution < -0.4 is 9.64 Å². The minimum atomic E-state index is 0.0315. The highest BCUT2D eigenvalue weighted by Gasteiger charge is 2.22. The van der Waals surface area contributed by atoms with Gasteiger partial charge in [-0.05, 0) is 54.3 Å². The van der Waals surface area contributed by atoms with Crippen LogP contribution in [0.15, 0.2) is 36.4 Å². The fraction of sp³-hybridized carbons (Fsp3) is 0.350. The number of methoxy groups -OCH3 is 1. The standard InChI is InChI=1S/C20H23NO3/c1-4-9-21-19-8-5-15(11-16(19)12-24-13-20(21)22)18-7-6-17(23-3)10-14(18)2/h5-8,10-11H,4,9,12-13H2,1-3H3. The lowest BCUT2D eigenvalue weighted by Crippen LogP contribution is -2.33. The lowest BCUT2D eigenvalue weighted by atomic mass is 9.97. The van der Waals surface area contributed by atoms with Gasteiger partial charge < -0.3 is 14.4 Å². The van der Waals surface area contributed by atoms with Crippen LogP contribution in [0.1, 0.15) is 24.5 Å². The number of ether oxygens (including phenoxy) is 2. The molecule has 0 N–H and O–H groups in total. The topological polar surface area (TPSA) is 38.8 Å². The van der Waals surface area contributed by atoms with Crippen LogP contribution in [0.3, 0.4) is 0 Å². The number of carbonyl (C=O) groups excluding carboxylic acids is 1. The number of hydrogen-bond acceptors (Lipinski definition) is 3. The van der Waals surface area contributed by atoms with Crippen molar-refractivity contribution in [3.05, 3.63) is 47.5 Å². The molecule has 3 rings (SSSR count). The first-order chi connectivity index (χ1) is 11.6. The van der Waals surface area contributed by atoms with Gasteiger partial charge in [0.05, 0.1) is 13.7 Å². The number of aryl methyl sites for hydroxylation is 1. The molecule has 4 nitrogen and oxygen atoms in total. The smallest absolute Gasteiger partial charge is 0.252 e. The van der Waals surface area contributed by atoms with Gasteiger partial charge in [-0.25, -0.2) is 0 Å². The molecule has 2 aromatic carbocycles. The Morgan fingerprint density at radius 1 is 1.17 bits per heavy atom. The van der Waals surface area contributed by atoms with E-state index < -0.39 is 0 Å². The maximum absolute atomic E-state index is 12.2. The first-order valence-corrected chi connectivity index (χ1v) is 8.30. The van der Waals surface area contributed by atoms with Gasteiger partial charge in [0.25, 0.3) is 5.91 Å². The molecule has 0 spiro atoms. The number of amides is 1. The van der Waals surface area contributed by atoms with E-state index in [0.29, 0.717) is 6.61 Å². The first-order valence-electron chi connectivity index (χ1n) is 8.30. The van der Waals surface area contributed by atoms with Crippen LogP contribution in [0.4, 0.5) is 5.69 Å². The Bertz CT molecular complexity index is 755. The third kappa shape index (κ3) is 3.15. The SMILES string of the molecule is CCCN1C(=O)COCc2cc(-c3ccc(OC)cc3C)ccc21. The molecular weight excluding hydrogens is 302 g/mol. The monoisotopic (exact) mass is 325 g/mol. The van der Waals surface area contributed by atoms with Crippen molar-refractivity contribution in [2.24, 2.45) is 0 Å². The molecule has 24 heavy (non-hydrogen) atoms. The van der Waals surface area contributed by atoms with Crippen molar-refractivity contribution in [1.29, 1.82) is 0 Å². The van der Waals surface area contributed by atoms with E-state index in [2.05, 4.69) is 32.0 Å². The van der Waals surface area contributed by atoms with Crippen LogP contribution in [0, 0.1) is 6.92 Å². The third-order valence-electron chi connectivity index (χ3n) is 4.35. The van der Waals surface area contributed by atoms with Crippen LogP contribution in [-0.4, -0.2) is 26.2 Å². The van der Waals surface area contributed by atoms with E-state index in [0.717, 1.165) is 46.7 Å². The van der Waals surface area contributed by atoms with Gasteiger partial charge in [0.15, 0.2) is 0 Å². The molecule has 0 unspecified atom stereocenters. The van der Waals surface area contributed by atoms with E-state index in [1.807, 2.05) is 23.1 Å². The molecular formula is C20H23NO3. The molecule has 1 amide bonds. The van der Waals surface area contributed by atoms with Crippen molar-refractivity contribution in [2.45, 2.75) is 26.9 Å². The predicted molar refractivity (Wildman–Crippen MR) is 95.5 cm³/mol. The van der Waals surface area contributed by atoms with Gasteiger partial charge in [0, 0.05) is 17.8 Å². The van der Waals surface area contributed by atoms with Crippen molar-refractivity contribution in [2.75, 3.05) is 25.2 Å². The second-order valence-corrected chi connectivity index (χ2v) is 6.06. The fourth-order valence-corrected chi connectivity index (χ4v) is 3.15. The number of anilines is 1. The van der Waals surface area contributed by atoms with Gasteiger partial charge >= 0.3 is 0 Å². The fourth-order valence-electron chi connectivity index (χ4n) is 3.15. The van der Waals surface area contributed by atoms with Gasteiger partial charge in [0.1, 0.15) is 12.4 Å². The number of nitrogens with zero attached hydrogens (tertiary/aromatic N) is 1. The molecule has 0 saturated heterocycles. The number of carbonyl (C=O) groups is 1. The summed E-state index contributed by atoms with van der Waals surface area (Å²) in [6, 6.07) is 12.3. The zero-order valence-electron chi connectivity index (χ0n) is 14.5. The minimum absolute atomic E-state index is 0.0315. The Balaban J connectivity index is 2.02. The van der Waals surface area contributed by atoms with Gasteiger partial charge in [-0.2, -0.15) is 0 Å². The Morgan fingerprint density at radius 3 is 2.71 bits per heavy atom. The maximum Gasteiger partial charge on any atom is 0.252 e. The lowest BCUT2D eigenvalue weighted by Gasteiger charge is -2.22. The molecule has 1 aliphatic heterocycles. The summed E-state index contributed by atoms with van der Waals surface area (Å²) in [6.07, 6.45) is 0.921. The normalized spacial score (nSPS) is 14.3. The molecule has 4 heteroatoms. The summed E-state index contributed by atoms with van der Waals surface area (Å²) in [6.45, 7) is 5.48. The van der Waals surface area contributed by atoms with E-state index in [9.17, 15) is 4.79 Å². The zero-order chi connectivity index (χ0) is 17.1. The Labute approximate surface area is 143 Å². The molecule has 0 fully saturated rings. The van der Waals surface area contributed by atoms with Crippen LogP contribution in [0.5, 0.6) is 5.75 Å². The number of benzene rings is 2. The lowest BCUT2D eigenvalue weighted by molar-refractivity contribution is -0.123. The van der Waals surface area contributed by atoms with Gasteiger partial charge in [-0.1, -0.05) is 19.1 Å². The highest BCUT2D eigenvalue weighted by atomic mass is 16.5. The number of hydrogen-bond donors (Lipinski definition) is 0. The summed E-state index contributed by atoms with van der Waals surface area (Å²) in [4.78, 5) is 14.1. The molecule has 2 aromatic rings. The Kier molecular flexibility index (Phi) is 4.86. The molecule has 0 aromatic heterocycles. The van der Waals surface area contributed by atoms with Crippen LogP contribution in [0.2, 0.25) is 0 Å². The number of fused-ring (bicyclic) bond motifs is 1. The largest absolute Gasteiger partial charge is 0.497 e. The second kappa shape index (κ2) is 7.05. The van der Waals surface area contributed by atoms with Crippen LogP contribution >= 0.6 is 0 Å². The summed E-state index contributed by atoms with van der Waals surface area (Å²) < 4.78 is 10.8. The van der Waals surface area contributed by atoms with E-state index in [-0.39, 0.29) is 12.5 Å². The minimum Gasteiger partial charge on any atom is -0.497 e. The molecule has 0 bridgehead atoms. The first kappa shape index (κ1) is 16.5. The molecule has 0 radical (unpaired) electrons. The van der Waals surface area contributed by atoms with Crippen LogP contribution in [0.25, 0.3) is 11.1 Å². The van der Waals surface area contributed by atoms with E-state index >= 15 is 0 Å². The zero-order valence-corrected chi connectivity index (χ0v) is 14.5. The average Bonchev–Trinajstić information content (AvgIpc) is 2.74. The molecule has 0 saturated carbocycles. The Hall–Kier alpha value is -2.33. The maximum atomic E-state index is 12.2. The summed E-state index contributed by atoms with van der Waals surface area (Å²) in [5.74, 6) is 0.887. The summed E-state index contributed by atoms with van der Waals surface area (Å²) >= 11 is 0. The van der Waals surface area contributed by atoms with E-state index in [1.165, 1.54) is 0 Å². The summed E-state index contributed by atoms with van der Waals surface area (Å²) in [5.41, 5.74) is 5.47. The number of rotatable bonds is 4.